The molecule has 2 atom stereocenters. The SMILES string of the molecule is CC.CS(=O)N1CCC(C(F)F)C1. The van der Waals surface area contributed by atoms with Gasteiger partial charge < -0.3 is 0 Å². The summed E-state index contributed by atoms with van der Waals surface area (Å²) < 4.78 is 36.5. The fourth-order valence-corrected chi connectivity index (χ4v) is 1.96. The van der Waals surface area contributed by atoms with Crippen LogP contribution in [0.2, 0.25) is 0 Å². The van der Waals surface area contributed by atoms with Crippen molar-refractivity contribution in [3.63, 3.8) is 0 Å². The number of hydrogen-bond acceptors (Lipinski definition) is 1. The third-order valence-corrected chi connectivity index (χ3v) is 2.97. The molecule has 0 bridgehead atoms. The van der Waals surface area contributed by atoms with Crippen LogP contribution in [0.4, 0.5) is 8.78 Å². The largest absolute Gasteiger partial charge is 0.243 e. The molecule has 1 aliphatic heterocycles. The molecule has 0 N–H and O–H groups in total. The molecule has 0 spiro atoms. The summed E-state index contributed by atoms with van der Waals surface area (Å²) in [6.45, 7) is 4.82. The maximum absolute atomic E-state index is 12.1. The van der Waals surface area contributed by atoms with Gasteiger partial charge in [-0.05, 0) is 6.42 Å². The first-order valence-electron chi connectivity index (χ1n) is 4.48. The van der Waals surface area contributed by atoms with Crippen LogP contribution in [0.1, 0.15) is 20.3 Å². The molecule has 1 saturated heterocycles. The van der Waals surface area contributed by atoms with Gasteiger partial charge in [-0.25, -0.2) is 17.3 Å². The number of nitrogens with zero attached hydrogens (tertiary/aromatic N) is 1. The van der Waals surface area contributed by atoms with Crippen molar-refractivity contribution in [2.75, 3.05) is 19.3 Å². The van der Waals surface area contributed by atoms with Gasteiger partial charge in [-0.2, -0.15) is 0 Å². The van der Waals surface area contributed by atoms with Gasteiger partial charge in [0.1, 0.15) is 0 Å². The highest BCUT2D eigenvalue weighted by atomic mass is 32.2. The van der Waals surface area contributed by atoms with E-state index in [4.69, 9.17) is 0 Å². The molecular weight excluding hydrogens is 196 g/mol. The molecule has 0 aromatic heterocycles. The van der Waals surface area contributed by atoms with E-state index in [1.54, 1.807) is 4.31 Å². The zero-order chi connectivity index (χ0) is 10.4. The summed E-state index contributed by atoms with van der Waals surface area (Å²) in [6.07, 6.45) is -0.269. The van der Waals surface area contributed by atoms with E-state index in [0.29, 0.717) is 13.0 Å². The minimum absolute atomic E-state index is 0.279. The van der Waals surface area contributed by atoms with Crippen LogP contribution in [0.15, 0.2) is 0 Å². The monoisotopic (exact) mass is 213 g/mol. The van der Waals surface area contributed by atoms with Crippen LogP contribution >= 0.6 is 0 Å². The molecule has 2 unspecified atom stereocenters. The molecule has 0 aromatic carbocycles. The van der Waals surface area contributed by atoms with Gasteiger partial charge in [0.15, 0.2) is 0 Å². The van der Waals surface area contributed by atoms with Gasteiger partial charge >= 0.3 is 0 Å². The molecule has 0 amide bonds. The fourth-order valence-electron chi connectivity index (χ4n) is 1.19. The van der Waals surface area contributed by atoms with Crippen molar-refractivity contribution >= 4 is 11.0 Å². The van der Waals surface area contributed by atoms with E-state index in [1.807, 2.05) is 13.8 Å². The van der Waals surface area contributed by atoms with Crippen molar-refractivity contribution in [2.24, 2.45) is 5.92 Å². The molecule has 2 nitrogen and oxygen atoms in total. The highest BCUT2D eigenvalue weighted by Gasteiger charge is 2.30. The van der Waals surface area contributed by atoms with Gasteiger partial charge in [0.25, 0.3) is 0 Å². The van der Waals surface area contributed by atoms with E-state index in [-0.39, 0.29) is 6.54 Å². The van der Waals surface area contributed by atoms with Crippen LogP contribution in [0.5, 0.6) is 0 Å². The third-order valence-electron chi connectivity index (χ3n) is 1.91. The molecular formula is C8H17F2NOS. The van der Waals surface area contributed by atoms with Gasteiger partial charge in [0.05, 0.1) is 11.0 Å². The zero-order valence-electron chi connectivity index (χ0n) is 8.30. The van der Waals surface area contributed by atoms with Crippen LogP contribution in [-0.4, -0.2) is 34.3 Å². The first-order chi connectivity index (χ1) is 6.11. The minimum atomic E-state index is -2.26. The number of halogens is 2. The Morgan fingerprint density at radius 3 is 2.23 bits per heavy atom. The van der Waals surface area contributed by atoms with E-state index in [2.05, 4.69) is 0 Å². The molecule has 1 heterocycles. The molecule has 1 fully saturated rings. The molecule has 1 rings (SSSR count). The van der Waals surface area contributed by atoms with E-state index in [9.17, 15) is 13.0 Å². The Kier molecular flexibility index (Phi) is 6.41. The van der Waals surface area contributed by atoms with Crippen molar-refractivity contribution < 1.29 is 13.0 Å². The summed E-state index contributed by atoms with van der Waals surface area (Å²) in [4.78, 5) is 0. The summed E-state index contributed by atoms with van der Waals surface area (Å²) in [5.41, 5.74) is 0. The predicted octanol–water partition coefficient (Wildman–Crippen LogP) is 1.89. The van der Waals surface area contributed by atoms with Gasteiger partial charge in [-0.3, -0.25) is 0 Å². The van der Waals surface area contributed by atoms with Crippen LogP contribution in [0, 0.1) is 5.92 Å². The second-order valence-corrected chi connectivity index (χ2v) is 4.06. The number of alkyl halides is 2. The Hall–Kier alpha value is -0.0300. The van der Waals surface area contributed by atoms with Crippen molar-refractivity contribution in [3.05, 3.63) is 0 Å². The topological polar surface area (TPSA) is 20.3 Å². The Bertz CT molecular complexity index is 166. The van der Waals surface area contributed by atoms with Crippen molar-refractivity contribution in [2.45, 2.75) is 26.7 Å². The molecule has 80 valence electrons. The Morgan fingerprint density at radius 1 is 1.46 bits per heavy atom. The second-order valence-electron chi connectivity index (χ2n) is 2.69. The molecule has 1 aliphatic rings. The highest BCUT2D eigenvalue weighted by molar-refractivity contribution is 7.81. The minimum Gasteiger partial charge on any atom is -0.243 e. The Morgan fingerprint density at radius 2 is 2.00 bits per heavy atom. The standard InChI is InChI=1S/C6H11F2NOS.C2H6/c1-11(10)9-3-2-5(4-9)6(7)8;1-2/h5-6H,2-4H2,1H3;1-2H3. The smallest absolute Gasteiger partial charge is 0.242 e. The number of rotatable bonds is 2. The lowest BCUT2D eigenvalue weighted by atomic mass is 10.1. The van der Waals surface area contributed by atoms with Gasteiger partial charge in [0, 0.05) is 25.3 Å². The first-order valence-corrected chi connectivity index (χ1v) is 5.99. The van der Waals surface area contributed by atoms with Crippen LogP contribution in [0.25, 0.3) is 0 Å². The summed E-state index contributed by atoms with van der Waals surface area (Å²) in [7, 11) is -1.08. The van der Waals surface area contributed by atoms with E-state index in [1.165, 1.54) is 6.26 Å². The summed E-state index contributed by atoms with van der Waals surface area (Å²) in [5.74, 6) is -0.570. The molecule has 0 aliphatic carbocycles. The van der Waals surface area contributed by atoms with E-state index >= 15 is 0 Å². The molecule has 5 heteroatoms. The zero-order valence-corrected chi connectivity index (χ0v) is 9.11. The highest BCUT2D eigenvalue weighted by Crippen LogP contribution is 2.22. The van der Waals surface area contributed by atoms with Gasteiger partial charge in [-0.15, -0.1) is 0 Å². The average molecular weight is 213 g/mol. The lowest BCUT2D eigenvalue weighted by Crippen LogP contribution is -2.23. The normalized spacial score (nSPS) is 25.5. The van der Waals surface area contributed by atoms with Crippen molar-refractivity contribution in [1.29, 1.82) is 0 Å². The molecule has 0 saturated carbocycles. The summed E-state index contributed by atoms with van der Waals surface area (Å²) in [6, 6.07) is 0. The fraction of sp³-hybridized carbons (Fsp3) is 1.00. The Labute approximate surface area is 80.9 Å². The first kappa shape index (κ1) is 13.0. The number of hydrogen-bond donors (Lipinski definition) is 0. The maximum Gasteiger partial charge on any atom is 0.242 e. The third kappa shape index (κ3) is 4.13. The molecule has 0 radical (unpaired) electrons. The summed E-state index contributed by atoms with van der Waals surface area (Å²) >= 11 is 0. The predicted molar refractivity (Wildman–Crippen MR) is 51.1 cm³/mol. The van der Waals surface area contributed by atoms with Crippen molar-refractivity contribution in [1.82, 2.24) is 4.31 Å². The lowest BCUT2D eigenvalue weighted by molar-refractivity contribution is 0.0847. The molecule has 0 aromatic rings. The molecule has 13 heavy (non-hydrogen) atoms. The van der Waals surface area contributed by atoms with Gasteiger partial charge in [-0.1, -0.05) is 13.8 Å². The average Bonchev–Trinajstić information content (AvgIpc) is 2.56. The van der Waals surface area contributed by atoms with E-state index in [0.717, 1.165) is 0 Å². The van der Waals surface area contributed by atoms with Gasteiger partial charge in [0.2, 0.25) is 6.43 Å². The van der Waals surface area contributed by atoms with Crippen LogP contribution in [-0.2, 0) is 11.0 Å². The quantitative estimate of drug-likeness (QED) is 0.686. The second kappa shape index (κ2) is 6.43. The van der Waals surface area contributed by atoms with Crippen LogP contribution < -0.4 is 0 Å². The maximum atomic E-state index is 12.1. The van der Waals surface area contributed by atoms with E-state index < -0.39 is 23.3 Å². The van der Waals surface area contributed by atoms with Crippen molar-refractivity contribution in [3.8, 4) is 0 Å². The lowest BCUT2D eigenvalue weighted by Gasteiger charge is -2.10. The summed E-state index contributed by atoms with van der Waals surface area (Å²) in [5, 5.41) is 0. The van der Waals surface area contributed by atoms with Crippen LogP contribution in [0.3, 0.4) is 0 Å². The Balaban J connectivity index is 0.000000671.